The first-order valence-electron chi connectivity index (χ1n) is 7.81. The molecule has 1 amide bonds. The Morgan fingerprint density at radius 1 is 1.43 bits per heavy atom. The summed E-state index contributed by atoms with van der Waals surface area (Å²) < 4.78 is 0. The van der Waals surface area contributed by atoms with Crippen LogP contribution in [0, 0.1) is 0 Å². The van der Waals surface area contributed by atoms with Crippen molar-refractivity contribution in [3.05, 3.63) is 35.9 Å². The largest absolute Gasteiger partial charge is 0.368 e. The molecule has 0 bridgehead atoms. The molecular weight excluding hydrogens is 262 g/mol. The lowest BCUT2D eigenvalue weighted by molar-refractivity contribution is -0.123. The van der Waals surface area contributed by atoms with Gasteiger partial charge in [-0.25, -0.2) is 0 Å². The average molecular weight is 289 g/mol. The maximum Gasteiger partial charge on any atom is 0.237 e. The van der Waals surface area contributed by atoms with Gasteiger partial charge in [-0.05, 0) is 57.8 Å². The maximum absolute atomic E-state index is 11.5. The fraction of sp³-hybridized carbons (Fsp3) is 0.588. The maximum atomic E-state index is 11.5. The topological polar surface area (TPSA) is 58.4 Å². The summed E-state index contributed by atoms with van der Waals surface area (Å²) in [6.07, 6.45) is 3.00. The van der Waals surface area contributed by atoms with Gasteiger partial charge in [0.1, 0.15) is 0 Å². The molecule has 1 saturated heterocycles. The fourth-order valence-electron chi connectivity index (χ4n) is 3.06. The second-order valence-corrected chi connectivity index (χ2v) is 6.25. The molecule has 2 unspecified atom stereocenters. The average Bonchev–Trinajstić information content (AvgIpc) is 2.96. The van der Waals surface area contributed by atoms with Crippen LogP contribution in [0.3, 0.4) is 0 Å². The number of nitrogens with one attached hydrogen (secondary N) is 1. The summed E-state index contributed by atoms with van der Waals surface area (Å²) in [5.74, 6) is 0.381. The number of nitrogens with zero attached hydrogens (tertiary/aromatic N) is 1. The van der Waals surface area contributed by atoms with Gasteiger partial charge in [0.15, 0.2) is 0 Å². The number of benzene rings is 1. The van der Waals surface area contributed by atoms with E-state index < -0.39 is 5.54 Å². The monoisotopic (exact) mass is 289 g/mol. The van der Waals surface area contributed by atoms with Crippen molar-refractivity contribution >= 4 is 5.91 Å². The van der Waals surface area contributed by atoms with Crippen LogP contribution in [0.2, 0.25) is 0 Å². The lowest BCUT2D eigenvalue weighted by Gasteiger charge is -2.26. The van der Waals surface area contributed by atoms with Crippen LogP contribution in [0.15, 0.2) is 30.3 Å². The number of primary amides is 1. The van der Waals surface area contributed by atoms with Crippen LogP contribution in [0.4, 0.5) is 0 Å². The summed E-state index contributed by atoms with van der Waals surface area (Å²) in [4.78, 5) is 14.0. The zero-order chi connectivity index (χ0) is 15.3. The Labute approximate surface area is 127 Å². The minimum Gasteiger partial charge on any atom is -0.368 e. The highest BCUT2D eigenvalue weighted by Crippen LogP contribution is 2.27. The van der Waals surface area contributed by atoms with Crippen LogP contribution in [-0.4, -0.2) is 43.0 Å². The van der Waals surface area contributed by atoms with E-state index in [9.17, 15) is 4.79 Å². The Balaban J connectivity index is 1.77. The van der Waals surface area contributed by atoms with Crippen LogP contribution in [0.5, 0.6) is 0 Å². The predicted molar refractivity (Wildman–Crippen MR) is 86.1 cm³/mol. The summed E-state index contributed by atoms with van der Waals surface area (Å²) in [6.45, 7) is 5.18. The summed E-state index contributed by atoms with van der Waals surface area (Å²) >= 11 is 0. The molecule has 1 heterocycles. The quantitative estimate of drug-likeness (QED) is 0.803. The third kappa shape index (κ3) is 4.05. The number of nitrogens with two attached hydrogens (primary N) is 1. The van der Waals surface area contributed by atoms with Gasteiger partial charge < -0.3 is 16.0 Å². The van der Waals surface area contributed by atoms with Crippen LogP contribution in [-0.2, 0) is 4.79 Å². The second kappa shape index (κ2) is 7.05. The first-order chi connectivity index (χ1) is 10.0. The van der Waals surface area contributed by atoms with Gasteiger partial charge in [-0.2, -0.15) is 0 Å². The van der Waals surface area contributed by atoms with Gasteiger partial charge in [0.05, 0.1) is 5.54 Å². The number of likely N-dealkylation sites (tertiary alicyclic amines) is 1. The van der Waals surface area contributed by atoms with Gasteiger partial charge in [0.2, 0.25) is 5.91 Å². The van der Waals surface area contributed by atoms with E-state index in [-0.39, 0.29) is 5.91 Å². The molecule has 1 aromatic carbocycles. The predicted octanol–water partition coefficient (Wildman–Crippen LogP) is 1.72. The molecule has 1 aromatic rings. The number of likely N-dealkylation sites (N-methyl/N-ethyl adjacent to an activating group) is 1. The SMILES string of the molecule is CNC(C)(CCCN1CCC(c2ccccc2)C1)C(N)=O. The second-order valence-electron chi connectivity index (χ2n) is 6.25. The number of amides is 1. The Hall–Kier alpha value is -1.39. The molecule has 4 nitrogen and oxygen atoms in total. The molecule has 2 atom stereocenters. The van der Waals surface area contributed by atoms with Gasteiger partial charge in [-0.3, -0.25) is 4.79 Å². The number of rotatable bonds is 7. The molecule has 0 aliphatic carbocycles. The molecule has 21 heavy (non-hydrogen) atoms. The van der Waals surface area contributed by atoms with E-state index in [1.54, 1.807) is 7.05 Å². The summed E-state index contributed by atoms with van der Waals surface area (Å²) in [5.41, 5.74) is 6.32. The van der Waals surface area contributed by atoms with E-state index in [2.05, 4.69) is 40.5 Å². The molecular formula is C17H27N3O. The Morgan fingerprint density at radius 3 is 2.76 bits per heavy atom. The number of carbonyl (C=O) groups is 1. The Kier molecular flexibility index (Phi) is 5.37. The van der Waals surface area contributed by atoms with Crippen molar-refractivity contribution in [3.8, 4) is 0 Å². The molecule has 0 aromatic heterocycles. The fourth-order valence-corrected chi connectivity index (χ4v) is 3.06. The lowest BCUT2D eigenvalue weighted by atomic mass is 9.95. The van der Waals surface area contributed by atoms with Gasteiger partial charge in [-0.15, -0.1) is 0 Å². The van der Waals surface area contributed by atoms with Crippen molar-refractivity contribution in [2.75, 3.05) is 26.7 Å². The lowest BCUT2D eigenvalue weighted by Crippen LogP contribution is -2.51. The summed E-state index contributed by atoms with van der Waals surface area (Å²) in [7, 11) is 1.80. The smallest absolute Gasteiger partial charge is 0.237 e. The standard InChI is InChI=1S/C17H27N3O/c1-17(19-2,16(18)21)10-6-11-20-12-9-15(13-20)14-7-4-3-5-8-14/h3-5,7-8,15,19H,6,9-13H2,1-2H3,(H2,18,21). The molecule has 0 saturated carbocycles. The minimum atomic E-state index is -0.585. The first kappa shape index (κ1) is 16.0. The molecule has 2 rings (SSSR count). The zero-order valence-electron chi connectivity index (χ0n) is 13.1. The van der Waals surface area contributed by atoms with Gasteiger partial charge in [0.25, 0.3) is 0 Å². The van der Waals surface area contributed by atoms with Crippen molar-refractivity contribution in [1.29, 1.82) is 0 Å². The van der Waals surface area contributed by atoms with Crippen molar-refractivity contribution in [2.45, 2.75) is 37.6 Å². The van der Waals surface area contributed by atoms with Gasteiger partial charge in [-0.1, -0.05) is 30.3 Å². The van der Waals surface area contributed by atoms with E-state index in [4.69, 9.17) is 5.73 Å². The molecule has 3 N–H and O–H groups in total. The normalized spacial score (nSPS) is 22.1. The third-order valence-electron chi connectivity index (χ3n) is 4.79. The van der Waals surface area contributed by atoms with E-state index in [0.717, 1.165) is 32.5 Å². The van der Waals surface area contributed by atoms with E-state index in [1.165, 1.54) is 12.0 Å². The van der Waals surface area contributed by atoms with Crippen LogP contribution in [0.25, 0.3) is 0 Å². The van der Waals surface area contributed by atoms with Crippen molar-refractivity contribution < 1.29 is 4.79 Å². The van der Waals surface area contributed by atoms with E-state index >= 15 is 0 Å². The van der Waals surface area contributed by atoms with Crippen molar-refractivity contribution in [2.24, 2.45) is 5.73 Å². The first-order valence-corrected chi connectivity index (χ1v) is 7.81. The molecule has 1 fully saturated rings. The summed E-state index contributed by atoms with van der Waals surface area (Å²) in [6, 6.07) is 10.7. The Bertz CT molecular complexity index is 462. The van der Waals surface area contributed by atoms with Gasteiger partial charge >= 0.3 is 0 Å². The van der Waals surface area contributed by atoms with Crippen molar-refractivity contribution in [1.82, 2.24) is 10.2 Å². The van der Waals surface area contributed by atoms with E-state index in [0.29, 0.717) is 5.92 Å². The number of hydrogen-bond acceptors (Lipinski definition) is 3. The van der Waals surface area contributed by atoms with Crippen LogP contribution < -0.4 is 11.1 Å². The highest BCUT2D eigenvalue weighted by atomic mass is 16.1. The molecule has 1 aliphatic heterocycles. The molecule has 1 aliphatic rings. The van der Waals surface area contributed by atoms with Gasteiger partial charge in [0, 0.05) is 6.54 Å². The number of hydrogen-bond donors (Lipinski definition) is 2. The molecule has 0 spiro atoms. The number of carbonyl (C=O) groups excluding carboxylic acids is 1. The van der Waals surface area contributed by atoms with Crippen molar-refractivity contribution in [3.63, 3.8) is 0 Å². The minimum absolute atomic E-state index is 0.270. The van der Waals surface area contributed by atoms with Crippen LogP contribution >= 0.6 is 0 Å². The van der Waals surface area contributed by atoms with Crippen LogP contribution in [0.1, 0.15) is 37.7 Å². The Morgan fingerprint density at radius 2 is 2.14 bits per heavy atom. The highest BCUT2D eigenvalue weighted by molar-refractivity contribution is 5.84. The molecule has 116 valence electrons. The molecule has 4 heteroatoms. The third-order valence-corrected chi connectivity index (χ3v) is 4.79. The highest BCUT2D eigenvalue weighted by Gasteiger charge is 2.29. The van der Waals surface area contributed by atoms with E-state index in [1.807, 2.05) is 6.92 Å². The summed E-state index contributed by atoms with van der Waals surface area (Å²) in [5, 5.41) is 3.04. The molecule has 0 radical (unpaired) electrons. The zero-order valence-corrected chi connectivity index (χ0v) is 13.1.